The van der Waals surface area contributed by atoms with E-state index in [1.54, 1.807) is 0 Å². The van der Waals surface area contributed by atoms with Crippen LogP contribution in [0.1, 0.15) is 27.2 Å². The fourth-order valence-corrected chi connectivity index (χ4v) is 4.87. The number of carbonyl (C=O) groups excluding carboxylic acids is 2. The van der Waals surface area contributed by atoms with Gasteiger partial charge in [0.25, 0.3) is 5.56 Å². The summed E-state index contributed by atoms with van der Waals surface area (Å²) in [6.45, 7) is 10.1. The van der Waals surface area contributed by atoms with Crippen LogP contribution in [0.5, 0.6) is 0 Å². The Morgan fingerprint density at radius 3 is 2.24 bits per heavy atom. The maximum atomic E-state index is 12.7. The second kappa shape index (κ2) is 9.91. The van der Waals surface area contributed by atoms with Crippen LogP contribution in [0.15, 0.2) is 21.9 Å². The number of H-pyrrole nitrogens is 1. The number of aromatic amines is 1. The first-order valence-corrected chi connectivity index (χ1v) is 13.5. The minimum Gasteiger partial charge on any atom is -0.468 e. The molecule has 186 valence electrons. The van der Waals surface area contributed by atoms with Crippen LogP contribution in [0.25, 0.3) is 0 Å². The number of aromatic nitrogens is 2. The van der Waals surface area contributed by atoms with Gasteiger partial charge < -0.3 is 23.4 Å². The maximum absolute atomic E-state index is 12.7. The molecule has 0 bridgehead atoms. The van der Waals surface area contributed by atoms with E-state index in [1.165, 1.54) is 38.2 Å². The summed E-state index contributed by atoms with van der Waals surface area (Å²) in [5.74, 6) is -2.80. The Hall–Kier alpha value is -2.28. The van der Waals surface area contributed by atoms with Crippen molar-refractivity contribution in [1.82, 2.24) is 9.55 Å². The molecule has 2 rings (SSSR count). The molecule has 1 N–H and O–H groups in total. The third-order valence-electron chi connectivity index (χ3n) is 6.54. The number of rotatable bonds is 8. The molecule has 0 amide bonds. The van der Waals surface area contributed by atoms with Crippen LogP contribution in [0, 0.1) is 5.92 Å². The first kappa shape index (κ1) is 27.0. The highest BCUT2D eigenvalue weighted by Crippen LogP contribution is 2.44. The third kappa shape index (κ3) is 5.29. The summed E-state index contributed by atoms with van der Waals surface area (Å²) in [6.07, 6.45) is -0.497. The lowest BCUT2D eigenvalue weighted by Crippen LogP contribution is -2.58. The lowest BCUT2D eigenvalue weighted by molar-refractivity contribution is -0.161. The average molecular weight is 487 g/mol. The lowest BCUT2D eigenvalue weighted by atomic mass is 9.95. The Bertz CT molecular complexity index is 965. The largest absolute Gasteiger partial charge is 0.468 e. The maximum Gasteiger partial charge on any atom is 0.330 e. The Morgan fingerprint density at radius 2 is 1.79 bits per heavy atom. The van der Waals surface area contributed by atoms with Crippen LogP contribution < -0.4 is 11.2 Å². The number of carbonyl (C=O) groups is 2. The van der Waals surface area contributed by atoms with Gasteiger partial charge in [-0.2, -0.15) is 0 Å². The molecule has 0 spiro atoms. The molecule has 1 saturated heterocycles. The Balaban J connectivity index is 2.61. The molecule has 0 radical (unpaired) electrons. The zero-order chi connectivity index (χ0) is 25.2. The summed E-state index contributed by atoms with van der Waals surface area (Å²) in [4.78, 5) is 51.2. The van der Waals surface area contributed by atoms with Gasteiger partial charge in [0.05, 0.1) is 26.9 Å². The van der Waals surface area contributed by atoms with E-state index in [4.69, 9.17) is 23.4 Å². The first-order chi connectivity index (χ1) is 15.2. The quantitative estimate of drug-likeness (QED) is 0.324. The molecule has 1 aromatic heterocycles. The highest BCUT2D eigenvalue weighted by molar-refractivity contribution is 6.74. The summed E-state index contributed by atoms with van der Waals surface area (Å²) in [6, 6.07) is 1.20. The average Bonchev–Trinajstić information content (AvgIpc) is 3.07. The number of hydrogen-bond acceptors (Lipinski definition) is 9. The van der Waals surface area contributed by atoms with E-state index >= 15 is 0 Å². The number of ether oxygens (including phenoxy) is 4. The SMILES string of the molecule is COC(=O)C(C[C@H]1OC[C@@](OC)(n2ccc(=O)[nH]c2=O)C1O[Si](C)(C)C(C)(C)C)C(=O)OC. The normalized spacial score (nSPS) is 23.5. The van der Waals surface area contributed by atoms with Gasteiger partial charge in [-0.3, -0.25) is 23.9 Å². The fourth-order valence-electron chi connectivity index (χ4n) is 3.54. The van der Waals surface area contributed by atoms with E-state index in [9.17, 15) is 19.2 Å². The van der Waals surface area contributed by atoms with Gasteiger partial charge in [-0.05, 0) is 18.1 Å². The van der Waals surface area contributed by atoms with Gasteiger partial charge in [0, 0.05) is 25.8 Å². The van der Waals surface area contributed by atoms with Crippen molar-refractivity contribution in [3.8, 4) is 0 Å². The summed E-state index contributed by atoms with van der Waals surface area (Å²) in [5.41, 5.74) is -2.70. The Kier molecular flexibility index (Phi) is 8.10. The van der Waals surface area contributed by atoms with Gasteiger partial charge in [-0.1, -0.05) is 20.8 Å². The van der Waals surface area contributed by atoms with E-state index in [1.807, 2.05) is 13.1 Å². The van der Waals surface area contributed by atoms with E-state index < -0.39 is 55.4 Å². The number of nitrogens with zero attached hydrogens (tertiary/aromatic N) is 1. The van der Waals surface area contributed by atoms with Gasteiger partial charge in [-0.25, -0.2) is 4.79 Å². The number of methoxy groups -OCH3 is 3. The van der Waals surface area contributed by atoms with Crippen LogP contribution in [0.2, 0.25) is 18.1 Å². The zero-order valence-corrected chi connectivity index (χ0v) is 21.4. The third-order valence-corrected chi connectivity index (χ3v) is 11.0. The summed E-state index contributed by atoms with van der Waals surface area (Å²) < 4.78 is 29.3. The molecule has 1 unspecified atom stereocenters. The first-order valence-electron chi connectivity index (χ1n) is 10.6. The monoisotopic (exact) mass is 486 g/mol. The van der Waals surface area contributed by atoms with Crippen molar-refractivity contribution in [3.63, 3.8) is 0 Å². The molecule has 3 atom stereocenters. The van der Waals surface area contributed by atoms with Crippen LogP contribution >= 0.6 is 0 Å². The molecule has 1 aliphatic rings. The minimum absolute atomic E-state index is 0.109. The number of nitrogens with one attached hydrogen (secondary N) is 1. The van der Waals surface area contributed by atoms with Crippen LogP contribution in [-0.2, 0) is 38.7 Å². The van der Waals surface area contributed by atoms with E-state index in [2.05, 4.69) is 25.8 Å². The summed E-state index contributed by atoms with van der Waals surface area (Å²) in [7, 11) is 1.28. The highest BCUT2D eigenvalue weighted by Gasteiger charge is 2.57. The molecule has 0 aromatic carbocycles. The van der Waals surface area contributed by atoms with Gasteiger partial charge in [0.1, 0.15) is 6.10 Å². The Morgan fingerprint density at radius 1 is 1.21 bits per heavy atom. The standard InChI is InChI=1S/C21H34N2O9Si/c1-20(2,3)33(7,8)32-16-14(11-13(17(25)28-4)18(26)29-5)31-12-21(16,30-6)23-10-9-15(24)22-19(23)27/h9-10,13-14,16H,11-12H2,1-8H3,(H,22,24,27)/t14-,16?,21+/m1/s1. The molecule has 2 heterocycles. The molecule has 11 nitrogen and oxygen atoms in total. The van der Waals surface area contributed by atoms with Crippen molar-refractivity contribution >= 4 is 20.3 Å². The topological polar surface area (TPSA) is 135 Å². The molecule has 12 heteroatoms. The smallest absolute Gasteiger partial charge is 0.330 e. The van der Waals surface area contributed by atoms with Crippen LogP contribution in [-0.4, -0.2) is 70.0 Å². The van der Waals surface area contributed by atoms with E-state index in [-0.39, 0.29) is 18.1 Å². The molecule has 0 aliphatic carbocycles. The second-order valence-electron chi connectivity index (χ2n) is 9.51. The van der Waals surface area contributed by atoms with Crippen molar-refractivity contribution in [2.24, 2.45) is 5.92 Å². The fraction of sp³-hybridized carbons (Fsp3) is 0.714. The van der Waals surface area contributed by atoms with Gasteiger partial charge in [-0.15, -0.1) is 0 Å². The molecular formula is C21H34N2O9Si. The lowest BCUT2D eigenvalue weighted by Gasteiger charge is -2.44. The molecule has 1 aliphatic heterocycles. The molecular weight excluding hydrogens is 452 g/mol. The van der Waals surface area contributed by atoms with Crippen molar-refractivity contribution in [1.29, 1.82) is 0 Å². The van der Waals surface area contributed by atoms with Gasteiger partial charge in [0.15, 0.2) is 20.0 Å². The number of esters is 2. The van der Waals surface area contributed by atoms with E-state index in [0.717, 1.165) is 0 Å². The summed E-state index contributed by atoms with van der Waals surface area (Å²) in [5, 5.41) is -0.209. The van der Waals surface area contributed by atoms with E-state index in [0.29, 0.717) is 0 Å². The number of hydrogen-bond donors (Lipinski definition) is 1. The van der Waals surface area contributed by atoms with Crippen molar-refractivity contribution < 1.29 is 33.0 Å². The molecule has 1 aromatic rings. The molecule has 1 fully saturated rings. The van der Waals surface area contributed by atoms with Crippen molar-refractivity contribution in [2.75, 3.05) is 27.9 Å². The van der Waals surface area contributed by atoms with Crippen LogP contribution in [0.4, 0.5) is 0 Å². The Labute approximate surface area is 193 Å². The minimum atomic E-state index is -2.48. The second-order valence-corrected chi connectivity index (χ2v) is 14.3. The van der Waals surface area contributed by atoms with Gasteiger partial charge in [0.2, 0.25) is 0 Å². The molecule has 33 heavy (non-hydrogen) atoms. The predicted octanol–water partition coefficient (Wildman–Crippen LogP) is 0.977. The molecule has 0 saturated carbocycles. The van der Waals surface area contributed by atoms with Crippen molar-refractivity contribution in [2.45, 2.75) is 63.3 Å². The van der Waals surface area contributed by atoms with Gasteiger partial charge >= 0.3 is 17.6 Å². The predicted molar refractivity (Wildman–Crippen MR) is 120 cm³/mol. The van der Waals surface area contributed by atoms with Crippen molar-refractivity contribution in [3.05, 3.63) is 33.1 Å². The summed E-state index contributed by atoms with van der Waals surface area (Å²) >= 11 is 0. The van der Waals surface area contributed by atoms with Crippen LogP contribution in [0.3, 0.4) is 0 Å². The highest BCUT2D eigenvalue weighted by atomic mass is 28.4. The zero-order valence-electron chi connectivity index (χ0n) is 20.4.